The first kappa shape index (κ1) is 24.8. The molecule has 186 valence electrons. The Morgan fingerprint density at radius 3 is 2.57 bits per heavy atom. The molecular formula is C24H29N5O5S. The van der Waals surface area contributed by atoms with Crippen molar-refractivity contribution in [2.45, 2.75) is 57.0 Å². The predicted octanol–water partition coefficient (Wildman–Crippen LogP) is 3.71. The number of rotatable bonds is 8. The van der Waals surface area contributed by atoms with Crippen molar-refractivity contribution in [2.75, 3.05) is 11.4 Å². The number of aromatic nitrogens is 2. The van der Waals surface area contributed by atoms with Crippen LogP contribution >= 0.6 is 0 Å². The van der Waals surface area contributed by atoms with Gasteiger partial charge in [0.1, 0.15) is 11.5 Å². The summed E-state index contributed by atoms with van der Waals surface area (Å²) in [6, 6.07) is 10.7. The molecule has 0 atom stereocenters. The van der Waals surface area contributed by atoms with Crippen LogP contribution in [-0.4, -0.2) is 35.9 Å². The molecule has 1 saturated carbocycles. The van der Waals surface area contributed by atoms with Gasteiger partial charge in [0.2, 0.25) is 10.0 Å². The first-order chi connectivity index (χ1) is 16.7. The molecule has 2 N–H and O–H groups in total. The number of nitro groups is 1. The number of para-hydroxylation sites is 1. The van der Waals surface area contributed by atoms with Gasteiger partial charge in [-0.15, -0.1) is 0 Å². The topological polar surface area (TPSA) is 138 Å². The highest BCUT2D eigenvalue weighted by atomic mass is 32.2. The minimum atomic E-state index is -3.90. The molecule has 1 heterocycles. The lowest BCUT2D eigenvalue weighted by Crippen LogP contribution is -2.37. The Hall–Kier alpha value is -3.31. The largest absolute Gasteiger partial charge is 0.359 e. The number of nitro benzene ring substituents is 1. The van der Waals surface area contributed by atoms with E-state index in [0.29, 0.717) is 29.2 Å². The Labute approximate surface area is 203 Å². The molecule has 0 spiro atoms. The number of aromatic amines is 1. The fourth-order valence-corrected chi connectivity index (χ4v) is 5.83. The van der Waals surface area contributed by atoms with Gasteiger partial charge in [-0.05, 0) is 62.8 Å². The third-order valence-electron chi connectivity index (χ3n) is 6.52. The number of nitrogens with one attached hydrogen (secondary N) is 2. The molecule has 1 fully saturated rings. The normalized spacial score (nSPS) is 18.5. The summed E-state index contributed by atoms with van der Waals surface area (Å²) in [5.74, 6) is 0.929. The van der Waals surface area contributed by atoms with Gasteiger partial charge in [-0.1, -0.05) is 19.1 Å². The zero-order valence-corrected chi connectivity index (χ0v) is 20.5. The van der Waals surface area contributed by atoms with Gasteiger partial charge in [0.05, 0.1) is 27.3 Å². The van der Waals surface area contributed by atoms with Gasteiger partial charge < -0.3 is 9.88 Å². The number of H-pyrrole nitrogens is 1. The van der Waals surface area contributed by atoms with Gasteiger partial charge >= 0.3 is 0 Å². The molecule has 10 nitrogen and oxygen atoms in total. The average molecular weight is 500 g/mol. The average Bonchev–Trinajstić information content (AvgIpc) is 2.83. The molecule has 1 aromatic heterocycles. The maximum Gasteiger partial charge on any atom is 0.293 e. The molecular weight excluding hydrogens is 470 g/mol. The zero-order valence-electron chi connectivity index (χ0n) is 19.7. The maximum absolute atomic E-state index is 13.0. The standard InChI is InChI=1S/C24H29N5O5S/c1-3-28(15-23-25-20-7-5-4-6-19(20)24(30)26-23)21-13-12-18(14-22(21)29(31)32)35(33,34)27-17-10-8-16(2)9-11-17/h4-7,12-14,16-17,27H,3,8-11,15H2,1-2H3,(H,25,26,30). The second-order valence-corrected chi connectivity index (χ2v) is 10.7. The number of anilines is 1. The molecule has 1 aliphatic carbocycles. The second kappa shape index (κ2) is 10.1. The van der Waals surface area contributed by atoms with Crippen LogP contribution in [0.25, 0.3) is 10.9 Å². The summed E-state index contributed by atoms with van der Waals surface area (Å²) in [5, 5.41) is 12.4. The lowest BCUT2D eigenvalue weighted by molar-refractivity contribution is -0.384. The summed E-state index contributed by atoms with van der Waals surface area (Å²) in [6.07, 6.45) is 3.40. The van der Waals surface area contributed by atoms with Crippen molar-refractivity contribution < 1.29 is 13.3 Å². The van der Waals surface area contributed by atoms with Crippen LogP contribution in [0.1, 0.15) is 45.4 Å². The van der Waals surface area contributed by atoms with Gasteiger partial charge in [0, 0.05) is 18.7 Å². The Morgan fingerprint density at radius 1 is 1.17 bits per heavy atom. The molecule has 0 amide bonds. The quantitative estimate of drug-likeness (QED) is 0.356. The predicted molar refractivity (Wildman–Crippen MR) is 134 cm³/mol. The van der Waals surface area contributed by atoms with E-state index in [1.54, 1.807) is 29.2 Å². The highest BCUT2D eigenvalue weighted by molar-refractivity contribution is 7.89. The fraction of sp³-hybridized carbons (Fsp3) is 0.417. The van der Waals surface area contributed by atoms with Crippen molar-refractivity contribution in [2.24, 2.45) is 5.92 Å². The number of nitrogens with zero attached hydrogens (tertiary/aromatic N) is 3. The van der Waals surface area contributed by atoms with Crippen molar-refractivity contribution >= 4 is 32.3 Å². The molecule has 3 aromatic rings. The zero-order chi connectivity index (χ0) is 25.2. The molecule has 11 heteroatoms. The van der Waals surface area contributed by atoms with Crippen molar-refractivity contribution in [3.63, 3.8) is 0 Å². The van der Waals surface area contributed by atoms with Crippen LogP contribution in [0.4, 0.5) is 11.4 Å². The van der Waals surface area contributed by atoms with Crippen LogP contribution in [0.2, 0.25) is 0 Å². The third-order valence-corrected chi connectivity index (χ3v) is 8.03. The molecule has 0 aliphatic heterocycles. The minimum absolute atomic E-state index is 0.113. The lowest BCUT2D eigenvalue weighted by Gasteiger charge is -2.27. The number of hydrogen-bond donors (Lipinski definition) is 2. The number of sulfonamides is 1. The lowest BCUT2D eigenvalue weighted by atomic mass is 9.88. The minimum Gasteiger partial charge on any atom is -0.359 e. The molecule has 0 bridgehead atoms. The monoisotopic (exact) mass is 499 g/mol. The number of benzene rings is 2. The van der Waals surface area contributed by atoms with E-state index < -0.39 is 14.9 Å². The van der Waals surface area contributed by atoms with Gasteiger partial charge in [-0.2, -0.15) is 0 Å². The van der Waals surface area contributed by atoms with Crippen molar-refractivity contribution in [1.82, 2.24) is 14.7 Å². The van der Waals surface area contributed by atoms with E-state index in [2.05, 4.69) is 21.6 Å². The molecule has 35 heavy (non-hydrogen) atoms. The summed E-state index contributed by atoms with van der Waals surface area (Å²) in [4.78, 5) is 32.5. The van der Waals surface area contributed by atoms with E-state index in [9.17, 15) is 23.3 Å². The third kappa shape index (κ3) is 5.51. The molecule has 1 aliphatic rings. The Morgan fingerprint density at radius 2 is 1.89 bits per heavy atom. The number of fused-ring (bicyclic) bond motifs is 1. The van der Waals surface area contributed by atoms with E-state index in [1.807, 2.05) is 6.92 Å². The second-order valence-electron chi connectivity index (χ2n) is 9.03. The van der Waals surface area contributed by atoms with Crippen LogP contribution < -0.4 is 15.2 Å². The number of hydrogen-bond acceptors (Lipinski definition) is 7. The summed E-state index contributed by atoms with van der Waals surface area (Å²) in [7, 11) is -3.90. The van der Waals surface area contributed by atoms with Crippen LogP contribution in [0.15, 0.2) is 52.2 Å². The first-order valence-electron chi connectivity index (χ1n) is 11.7. The van der Waals surface area contributed by atoms with E-state index in [-0.39, 0.29) is 34.4 Å². The van der Waals surface area contributed by atoms with E-state index in [1.165, 1.54) is 12.1 Å². The highest BCUT2D eigenvalue weighted by Gasteiger charge is 2.28. The van der Waals surface area contributed by atoms with Crippen LogP contribution in [-0.2, 0) is 16.6 Å². The first-order valence-corrected chi connectivity index (χ1v) is 13.2. The maximum atomic E-state index is 13.0. The van der Waals surface area contributed by atoms with Gasteiger partial charge in [0.15, 0.2) is 0 Å². The van der Waals surface area contributed by atoms with Gasteiger partial charge in [0.25, 0.3) is 11.2 Å². The highest BCUT2D eigenvalue weighted by Crippen LogP contribution is 2.32. The SMILES string of the molecule is CCN(Cc1nc2ccccc2c(=O)[nH]1)c1ccc(S(=O)(=O)NC2CCC(C)CC2)cc1[N+](=O)[O-]. The Balaban J connectivity index is 1.62. The van der Waals surface area contributed by atoms with Crippen LogP contribution in [0.5, 0.6) is 0 Å². The summed E-state index contributed by atoms with van der Waals surface area (Å²) < 4.78 is 28.6. The fourth-order valence-electron chi connectivity index (χ4n) is 4.51. The molecule has 0 radical (unpaired) electrons. The molecule has 0 saturated heterocycles. The molecule has 0 unspecified atom stereocenters. The summed E-state index contributed by atoms with van der Waals surface area (Å²) in [5.41, 5.74) is 0.163. The van der Waals surface area contributed by atoms with Crippen LogP contribution in [0.3, 0.4) is 0 Å². The molecule has 4 rings (SSSR count). The van der Waals surface area contributed by atoms with Crippen molar-refractivity contribution in [3.8, 4) is 0 Å². The summed E-state index contributed by atoms with van der Waals surface area (Å²) >= 11 is 0. The Kier molecular flexibility index (Phi) is 7.18. The van der Waals surface area contributed by atoms with Crippen LogP contribution in [0, 0.1) is 16.0 Å². The van der Waals surface area contributed by atoms with Gasteiger partial charge in [-0.3, -0.25) is 14.9 Å². The van der Waals surface area contributed by atoms with E-state index in [4.69, 9.17) is 0 Å². The van der Waals surface area contributed by atoms with Crippen molar-refractivity contribution in [1.29, 1.82) is 0 Å². The van der Waals surface area contributed by atoms with Gasteiger partial charge in [-0.25, -0.2) is 18.1 Å². The summed E-state index contributed by atoms with van der Waals surface area (Å²) in [6.45, 7) is 4.46. The Bertz CT molecular complexity index is 1400. The molecule has 2 aromatic carbocycles. The van der Waals surface area contributed by atoms with E-state index in [0.717, 1.165) is 31.7 Å². The van der Waals surface area contributed by atoms with E-state index >= 15 is 0 Å². The smallest absolute Gasteiger partial charge is 0.293 e. The van der Waals surface area contributed by atoms with Crippen molar-refractivity contribution in [3.05, 3.63) is 68.8 Å².